The van der Waals surface area contributed by atoms with Crippen molar-refractivity contribution in [3.05, 3.63) is 241 Å². The molecule has 0 aliphatic rings. The fourth-order valence-corrected chi connectivity index (χ4v) is 9.68. The number of hydrogen-bond donors (Lipinski definition) is 0. The van der Waals surface area contributed by atoms with Crippen molar-refractivity contribution in [2.45, 2.75) is 6.54 Å². The van der Waals surface area contributed by atoms with Crippen molar-refractivity contribution in [3.8, 4) is 22.5 Å². The maximum atomic E-state index is 5.29. The molecule has 0 saturated heterocycles. The molecule has 0 radical (unpaired) electrons. The molecule has 5 heteroatoms. The fourth-order valence-electron chi connectivity index (χ4n) is 9.68. The third-order valence-corrected chi connectivity index (χ3v) is 12.6. The summed E-state index contributed by atoms with van der Waals surface area (Å²) in [5, 5.41) is 9.37. The van der Waals surface area contributed by atoms with Gasteiger partial charge in [0.1, 0.15) is 0 Å². The molecule has 12 aromatic rings. The summed E-state index contributed by atoms with van der Waals surface area (Å²) in [4.78, 5) is 15.1. The molecular formula is C60H41N5. The molecule has 0 aliphatic carbocycles. The molecule has 306 valence electrons. The van der Waals surface area contributed by atoms with Gasteiger partial charge >= 0.3 is 0 Å². The number of amidine groups is 2. The number of fused-ring (bicyclic) bond motifs is 9. The SMILES string of the molecule is C=NC(=NC(=NCc1cccc(-c2ccccc2)c1)c1ccccc1)c1cc(-n2c3ccccc3c3cc4c5ccc6ccccc6c5n(-c5ccccc5)c4cc32)cc2ccccc12. The van der Waals surface area contributed by atoms with Crippen molar-refractivity contribution in [3.63, 3.8) is 0 Å². The third kappa shape index (κ3) is 6.61. The Kier molecular flexibility index (Phi) is 9.31. The van der Waals surface area contributed by atoms with Gasteiger partial charge in [0.2, 0.25) is 0 Å². The number of nitrogens with zero attached hydrogens (tertiary/aromatic N) is 5. The minimum Gasteiger partial charge on any atom is -0.309 e. The third-order valence-electron chi connectivity index (χ3n) is 12.6. The zero-order chi connectivity index (χ0) is 43.3. The minimum absolute atomic E-state index is 0.449. The number of benzene rings is 10. The van der Waals surface area contributed by atoms with E-state index in [1.54, 1.807) is 0 Å². The van der Waals surface area contributed by atoms with Crippen LogP contribution in [-0.2, 0) is 6.54 Å². The molecule has 0 aliphatic heterocycles. The van der Waals surface area contributed by atoms with Crippen LogP contribution in [0.2, 0.25) is 0 Å². The monoisotopic (exact) mass is 831 g/mol. The highest BCUT2D eigenvalue weighted by Crippen LogP contribution is 2.42. The molecule has 0 spiro atoms. The highest BCUT2D eigenvalue weighted by atomic mass is 15.0. The van der Waals surface area contributed by atoms with Gasteiger partial charge in [-0.15, -0.1) is 0 Å². The Balaban J connectivity index is 1.07. The van der Waals surface area contributed by atoms with Gasteiger partial charge in [0.25, 0.3) is 0 Å². The van der Waals surface area contributed by atoms with Crippen molar-refractivity contribution in [2.24, 2.45) is 15.0 Å². The van der Waals surface area contributed by atoms with E-state index in [1.165, 1.54) is 43.4 Å². The van der Waals surface area contributed by atoms with Crippen LogP contribution in [0.25, 0.3) is 87.7 Å². The molecule has 0 fully saturated rings. The van der Waals surface area contributed by atoms with Crippen LogP contribution in [0.3, 0.4) is 0 Å². The summed E-state index contributed by atoms with van der Waals surface area (Å²) in [6.07, 6.45) is 0. The Morgan fingerprint density at radius 2 is 1.05 bits per heavy atom. The Morgan fingerprint density at radius 1 is 0.400 bits per heavy atom. The molecule has 0 amide bonds. The lowest BCUT2D eigenvalue weighted by Gasteiger charge is -2.14. The molecule has 2 heterocycles. The molecule has 65 heavy (non-hydrogen) atoms. The lowest BCUT2D eigenvalue weighted by Crippen LogP contribution is -2.07. The van der Waals surface area contributed by atoms with Gasteiger partial charge in [-0.2, -0.15) is 0 Å². The number of hydrogen-bond acceptors (Lipinski definition) is 1. The van der Waals surface area contributed by atoms with Crippen molar-refractivity contribution in [2.75, 3.05) is 0 Å². The topological polar surface area (TPSA) is 46.9 Å². The summed E-state index contributed by atoms with van der Waals surface area (Å²) in [5.41, 5.74) is 11.9. The molecule has 10 aromatic carbocycles. The van der Waals surface area contributed by atoms with Crippen LogP contribution in [0.5, 0.6) is 0 Å². The highest BCUT2D eigenvalue weighted by Gasteiger charge is 2.21. The molecule has 5 nitrogen and oxygen atoms in total. The average molecular weight is 832 g/mol. The molecule has 0 N–H and O–H groups in total. The van der Waals surface area contributed by atoms with Crippen LogP contribution in [0.4, 0.5) is 0 Å². The normalized spacial score (nSPS) is 12.3. The van der Waals surface area contributed by atoms with E-state index in [-0.39, 0.29) is 0 Å². The van der Waals surface area contributed by atoms with Crippen LogP contribution in [0.1, 0.15) is 16.7 Å². The summed E-state index contributed by atoms with van der Waals surface area (Å²) in [6.45, 7) is 4.57. The summed E-state index contributed by atoms with van der Waals surface area (Å²) in [5.74, 6) is 1.09. The minimum atomic E-state index is 0.449. The quantitative estimate of drug-likeness (QED) is 0.113. The van der Waals surface area contributed by atoms with Crippen molar-refractivity contribution in [1.29, 1.82) is 0 Å². The van der Waals surface area contributed by atoms with Crippen molar-refractivity contribution in [1.82, 2.24) is 9.13 Å². The lowest BCUT2D eigenvalue weighted by atomic mass is 10.0. The fraction of sp³-hybridized carbons (Fsp3) is 0.0167. The first-order valence-corrected chi connectivity index (χ1v) is 22.0. The molecule has 0 bridgehead atoms. The van der Waals surface area contributed by atoms with Crippen molar-refractivity contribution < 1.29 is 0 Å². The molecule has 2 aromatic heterocycles. The predicted molar refractivity (Wildman–Crippen MR) is 275 cm³/mol. The first-order chi connectivity index (χ1) is 32.2. The van der Waals surface area contributed by atoms with Crippen LogP contribution in [-0.4, -0.2) is 27.5 Å². The van der Waals surface area contributed by atoms with Gasteiger partial charge in [-0.25, -0.2) is 9.98 Å². The number of aromatic nitrogens is 2. The highest BCUT2D eigenvalue weighted by molar-refractivity contribution is 6.24. The van der Waals surface area contributed by atoms with Gasteiger partial charge in [0.05, 0.1) is 28.6 Å². The Bertz CT molecular complexity index is 3860. The predicted octanol–water partition coefficient (Wildman–Crippen LogP) is 14.9. The Hall–Kier alpha value is -8.67. The Morgan fingerprint density at radius 3 is 1.85 bits per heavy atom. The molecular weight excluding hydrogens is 791 g/mol. The number of rotatable bonds is 7. The van der Waals surface area contributed by atoms with Crippen molar-refractivity contribution >= 4 is 83.5 Å². The van der Waals surface area contributed by atoms with E-state index in [4.69, 9.17) is 9.98 Å². The maximum Gasteiger partial charge on any atom is 0.161 e. The molecule has 0 unspecified atom stereocenters. The van der Waals surface area contributed by atoms with Gasteiger partial charge in [-0.05, 0) is 88.1 Å². The van der Waals surface area contributed by atoms with E-state index in [0.29, 0.717) is 18.2 Å². The number of aliphatic imine (C=N–C) groups is 3. The second-order valence-corrected chi connectivity index (χ2v) is 16.5. The summed E-state index contributed by atoms with van der Waals surface area (Å²) in [6, 6.07) is 79.6. The average Bonchev–Trinajstić information content (AvgIpc) is 3.88. The zero-order valence-corrected chi connectivity index (χ0v) is 35.5. The first kappa shape index (κ1) is 38.0. The van der Waals surface area contributed by atoms with E-state index < -0.39 is 0 Å². The first-order valence-electron chi connectivity index (χ1n) is 22.0. The maximum absolute atomic E-state index is 5.29. The van der Waals surface area contributed by atoms with Crippen LogP contribution in [0.15, 0.2) is 239 Å². The second kappa shape index (κ2) is 15.9. The van der Waals surface area contributed by atoms with Gasteiger partial charge in [0, 0.05) is 49.4 Å². The van der Waals surface area contributed by atoms with E-state index in [2.05, 4.69) is 209 Å². The van der Waals surface area contributed by atoms with Gasteiger partial charge in [0.15, 0.2) is 11.7 Å². The standard InChI is InChI=1S/C60H41N5/c1-61-60(63-59(43-22-7-3-8-23-43)62-39-40-18-17-25-44(34-40)41-19-5-2-6-20-41)54-36-47(35-45-24-12-13-28-48(45)54)64-55-31-16-15-30-50(55)52-37-53-51-33-32-42-21-11-14-29-49(42)58(51)65(57(53)38-56(52)64)46-26-9-4-10-27-46/h2-38H,1,39H2. The Labute approximate surface area is 376 Å². The van der Waals surface area contributed by atoms with E-state index in [9.17, 15) is 0 Å². The lowest BCUT2D eigenvalue weighted by molar-refractivity contribution is 1.06. The van der Waals surface area contributed by atoms with Crippen LogP contribution >= 0.6 is 0 Å². The zero-order valence-electron chi connectivity index (χ0n) is 35.5. The number of para-hydroxylation sites is 2. The van der Waals surface area contributed by atoms with Gasteiger partial charge in [-0.1, -0.05) is 176 Å². The molecule has 12 rings (SSSR count). The summed E-state index contributed by atoms with van der Waals surface area (Å²) in [7, 11) is 0. The van der Waals surface area contributed by atoms with Gasteiger partial charge < -0.3 is 9.13 Å². The molecule has 0 saturated carbocycles. The smallest absolute Gasteiger partial charge is 0.161 e. The molecule has 0 atom stereocenters. The summed E-state index contributed by atoms with van der Waals surface area (Å²) >= 11 is 0. The van der Waals surface area contributed by atoms with E-state index in [0.717, 1.165) is 61.0 Å². The van der Waals surface area contributed by atoms with E-state index in [1.807, 2.05) is 36.4 Å². The summed E-state index contributed by atoms with van der Waals surface area (Å²) < 4.78 is 4.84. The van der Waals surface area contributed by atoms with Crippen LogP contribution in [0, 0.1) is 0 Å². The largest absolute Gasteiger partial charge is 0.309 e. The van der Waals surface area contributed by atoms with Gasteiger partial charge in [-0.3, -0.25) is 4.99 Å². The second-order valence-electron chi connectivity index (χ2n) is 16.5. The van der Waals surface area contributed by atoms with E-state index >= 15 is 0 Å². The van der Waals surface area contributed by atoms with Crippen LogP contribution < -0.4 is 0 Å².